The fraction of sp³-hybridized carbons (Fsp3) is 0.0952. The maximum absolute atomic E-state index is 13.3. The zero-order chi connectivity index (χ0) is 24.4. The molecule has 0 spiro atoms. The number of halogens is 6. The zero-order valence-corrected chi connectivity index (χ0v) is 19.5. The molecular formula is C21H14Cl3F3N2O3S. The van der Waals surface area contributed by atoms with Crippen LogP contribution in [0.1, 0.15) is 5.56 Å². The highest BCUT2D eigenvalue weighted by molar-refractivity contribution is 7.92. The Balaban J connectivity index is 1.97. The van der Waals surface area contributed by atoms with Crippen molar-refractivity contribution < 1.29 is 26.4 Å². The number of anilines is 2. The van der Waals surface area contributed by atoms with E-state index < -0.39 is 39.2 Å². The van der Waals surface area contributed by atoms with E-state index in [0.29, 0.717) is 6.07 Å². The maximum Gasteiger partial charge on any atom is 0.417 e. The van der Waals surface area contributed by atoms with Crippen molar-refractivity contribution in [3.05, 3.63) is 87.4 Å². The van der Waals surface area contributed by atoms with Crippen molar-refractivity contribution in [2.75, 3.05) is 16.2 Å². The van der Waals surface area contributed by atoms with Crippen LogP contribution in [0.2, 0.25) is 15.1 Å². The zero-order valence-electron chi connectivity index (χ0n) is 16.4. The van der Waals surface area contributed by atoms with E-state index in [1.807, 2.05) is 0 Å². The highest BCUT2D eigenvalue weighted by Crippen LogP contribution is 2.36. The van der Waals surface area contributed by atoms with Gasteiger partial charge in [0.25, 0.3) is 10.0 Å². The third kappa shape index (κ3) is 6.11. The Kier molecular flexibility index (Phi) is 7.48. The molecule has 174 valence electrons. The number of benzene rings is 3. The second-order valence-electron chi connectivity index (χ2n) is 6.69. The smallest absolute Gasteiger partial charge is 0.324 e. The number of carbonyl (C=O) groups is 1. The first-order valence-electron chi connectivity index (χ1n) is 9.08. The molecule has 0 aliphatic carbocycles. The molecule has 0 atom stereocenters. The molecule has 1 N–H and O–H groups in total. The summed E-state index contributed by atoms with van der Waals surface area (Å²) in [6.07, 6.45) is -4.74. The van der Waals surface area contributed by atoms with Crippen molar-refractivity contribution in [3.63, 3.8) is 0 Å². The molecule has 5 nitrogen and oxygen atoms in total. The first-order valence-corrected chi connectivity index (χ1v) is 11.7. The van der Waals surface area contributed by atoms with Crippen LogP contribution in [-0.2, 0) is 21.0 Å². The third-order valence-corrected chi connectivity index (χ3v) is 6.86. The van der Waals surface area contributed by atoms with E-state index in [4.69, 9.17) is 34.8 Å². The lowest BCUT2D eigenvalue weighted by atomic mass is 10.2. The molecule has 0 bridgehead atoms. The van der Waals surface area contributed by atoms with Gasteiger partial charge in [-0.15, -0.1) is 0 Å². The van der Waals surface area contributed by atoms with Crippen molar-refractivity contribution in [1.29, 1.82) is 0 Å². The molecule has 0 saturated heterocycles. The molecule has 12 heteroatoms. The van der Waals surface area contributed by atoms with E-state index in [0.717, 1.165) is 10.4 Å². The number of amides is 1. The molecule has 0 heterocycles. The van der Waals surface area contributed by atoms with Gasteiger partial charge in [0.05, 0.1) is 21.2 Å². The normalized spacial score (nSPS) is 11.8. The Bertz CT molecular complexity index is 1270. The topological polar surface area (TPSA) is 66.5 Å². The average molecular weight is 538 g/mol. The van der Waals surface area contributed by atoms with Crippen molar-refractivity contribution >= 4 is 62.1 Å². The second-order valence-corrected chi connectivity index (χ2v) is 9.84. The van der Waals surface area contributed by atoms with Gasteiger partial charge in [0.2, 0.25) is 5.91 Å². The van der Waals surface area contributed by atoms with E-state index in [1.54, 1.807) is 6.07 Å². The molecule has 0 aliphatic rings. The first kappa shape index (κ1) is 25.2. The van der Waals surface area contributed by atoms with Crippen LogP contribution in [0, 0.1) is 0 Å². The number of carbonyl (C=O) groups excluding carboxylic acids is 1. The molecule has 0 aromatic heterocycles. The van der Waals surface area contributed by atoms with Crippen LogP contribution < -0.4 is 9.62 Å². The molecular weight excluding hydrogens is 524 g/mol. The molecule has 0 aliphatic heterocycles. The van der Waals surface area contributed by atoms with Crippen molar-refractivity contribution in [2.24, 2.45) is 0 Å². The summed E-state index contributed by atoms with van der Waals surface area (Å²) in [5.41, 5.74) is -1.35. The van der Waals surface area contributed by atoms with Gasteiger partial charge in [0, 0.05) is 15.7 Å². The van der Waals surface area contributed by atoms with E-state index >= 15 is 0 Å². The lowest BCUT2D eigenvalue weighted by Gasteiger charge is -2.24. The van der Waals surface area contributed by atoms with Gasteiger partial charge in [-0.05, 0) is 48.5 Å². The predicted molar refractivity (Wildman–Crippen MR) is 123 cm³/mol. The minimum absolute atomic E-state index is 0.00131. The van der Waals surface area contributed by atoms with Gasteiger partial charge in [-0.1, -0.05) is 53.0 Å². The SMILES string of the molecule is O=C(CN(c1cc(Cl)cc(Cl)c1)S(=O)(=O)c1ccccc1)Nc1ccc(Cl)c(C(F)(F)F)c1. The molecule has 0 saturated carbocycles. The van der Waals surface area contributed by atoms with Crippen LogP contribution in [0.4, 0.5) is 24.5 Å². The lowest BCUT2D eigenvalue weighted by Crippen LogP contribution is -2.38. The van der Waals surface area contributed by atoms with E-state index in [1.165, 1.54) is 48.5 Å². The maximum atomic E-state index is 13.3. The molecule has 3 rings (SSSR count). The summed E-state index contributed by atoms with van der Waals surface area (Å²) in [6.45, 7) is -0.766. The Morgan fingerprint density at radius 1 is 0.909 bits per heavy atom. The van der Waals surface area contributed by atoms with E-state index in [2.05, 4.69) is 5.32 Å². The summed E-state index contributed by atoms with van der Waals surface area (Å²) >= 11 is 17.6. The minimum atomic E-state index is -4.74. The Hall–Kier alpha value is -2.46. The highest BCUT2D eigenvalue weighted by Gasteiger charge is 2.34. The number of hydrogen-bond acceptors (Lipinski definition) is 3. The summed E-state index contributed by atoms with van der Waals surface area (Å²) in [6, 6.07) is 14.1. The fourth-order valence-corrected chi connectivity index (χ4v) is 5.03. The van der Waals surface area contributed by atoms with Crippen molar-refractivity contribution in [3.8, 4) is 0 Å². The van der Waals surface area contributed by atoms with Crippen LogP contribution in [0.3, 0.4) is 0 Å². The molecule has 3 aromatic rings. The molecule has 33 heavy (non-hydrogen) atoms. The largest absolute Gasteiger partial charge is 0.417 e. The van der Waals surface area contributed by atoms with Crippen LogP contribution in [0.25, 0.3) is 0 Å². The second kappa shape index (κ2) is 9.80. The number of sulfonamides is 1. The van der Waals surface area contributed by atoms with Crippen LogP contribution in [-0.4, -0.2) is 20.9 Å². The predicted octanol–water partition coefficient (Wildman–Crippen LogP) is 6.50. The Labute approximate surface area is 202 Å². The standard InChI is InChI=1S/C21H14Cl3F3N2O3S/c22-13-8-14(23)10-16(9-13)29(33(31,32)17-4-2-1-3-5-17)12-20(30)28-15-6-7-19(24)18(11-15)21(25,26)27/h1-11H,12H2,(H,28,30). The summed E-state index contributed by atoms with van der Waals surface area (Å²) in [5, 5.41) is 1.97. The number of nitrogens with zero attached hydrogens (tertiary/aromatic N) is 1. The van der Waals surface area contributed by atoms with Gasteiger partial charge < -0.3 is 5.32 Å². The summed E-state index contributed by atoms with van der Waals surface area (Å²) in [7, 11) is -4.26. The summed E-state index contributed by atoms with van der Waals surface area (Å²) < 4.78 is 66.6. The van der Waals surface area contributed by atoms with Crippen molar-refractivity contribution in [1.82, 2.24) is 0 Å². The van der Waals surface area contributed by atoms with Gasteiger partial charge in [0.1, 0.15) is 6.54 Å². The number of nitrogens with one attached hydrogen (secondary N) is 1. The van der Waals surface area contributed by atoms with E-state index in [9.17, 15) is 26.4 Å². The number of rotatable bonds is 6. The van der Waals surface area contributed by atoms with Crippen LogP contribution >= 0.6 is 34.8 Å². The molecule has 0 radical (unpaired) electrons. The molecule has 0 unspecified atom stereocenters. The number of hydrogen-bond donors (Lipinski definition) is 1. The molecule has 3 aromatic carbocycles. The summed E-state index contributed by atoms with van der Waals surface area (Å²) in [4.78, 5) is 12.6. The van der Waals surface area contributed by atoms with Crippen LogP contribution in [0.15, 0.2) is 71.6 Å². The molecule has 1 amide bonds. The molecule has 0 fully saturated rings. The van der Waals surface area contributed by atoms with Gasteiger partial charge >= 0.3 is 6.18 Å². The Morgan fingerprint density at radius 2 is 1.52 bits per heavy atom. The monoisotopic (exact) mass is 536 g/mol. The number of alkyl halides is 3. The van der Waals surface area contributed by atoms with Crippen LogP contribution in [0.5, 0.6) is 0 Å². The quantitative estimate of drug-likeness (QED) is 0.390. The van der Waals surface area contributed by atoms with Gasteiger partial charge in [-0.2, -0.15) is 13.2 Å². The average Bonchev–Trinajstić information content (AvgIpc) is 2.72. The third-order valence-electron chi connectivity index (χ3n) is 4.31. The highest BCUT2D eigenvalue weighted by atomic mass is 35.5. The lowest BCUT2D eigenvalue weighted by molar-refractivity contribution is -0.137. The first-order chi connectivity index (χ1) is 15.4. The summed E-state index contributed by atoms with van der Waals surface area (Å²) in [5.74, 6) is -0.902. The van der Waals surface area contributed by atoms with Gasteiger partial charge in [-0.3, -0.25) is 9.10 Å². The van der Waals surface area contributed by atoms with Gasteiger partial charge in [0.15, 0.2) is 0 Å². The Morgan fingerprint density at radius 3 is 2.09 bits per heavy atom. The van der Waals surface area contributed by atoms with Crippen molar-refractivity contribution in [2.45, 2.75) is 11.1 Å². The minimum Gasteiger partial charge on any atom is -0.324 e. The van der Waals surface area contributed by atoms with Gasteiger partial charge in [-0.25, -0.2) is 8.42 Å². The fourth-order valence-electron chi connectivity index (χ4n) is 2.87. The van der Waals surface area contributed by atoms with E-state index in [-0.39, 0.29) is 26.3 Å².